The van der Waals surface area contributed by atoms with E-state index < -0.39 is 0 Å². The highest BCUT2D eigenvalue weighted by atomic mass is 19.1. The van der Waals surface area contributed by atoms with Crippen LogP contribution in [-0.4, -0.2) is 20.6 Å². The zero-order chi connectivity index (χ0) is 14.2. The maximum atomic E-state index is 14.7. The lowest BCUT2D eigenvalue weighted by molar-refractivity contribution is 0.574. The standard InChI is InChI=1S/C16H15FN4/c17-15-11(9-19-12-5-6-12)7-8-18-16(15)21-10-20-13-3-1-2-4-14(13)21/h1-4,7-8,10,12,19H,5-6,9H2. The number of benzene rings is 1. The number of fused-ring (bicyclic) bond motifs is 1. The number of hydrogen-bond donors (Lipinski definition) is 1. The number of nitrogens with zero attached hydrogens (tertiary/aromatic N) is 3. The number of imidazole rings is 1. The summed E-state index contributed by atoms with van der Waals surface area (Å²) in [7, 11) is 0. The van der Waals surface area contributed by atoms with Gasteiger partial charge in [0.05, 0.1) is 11.0 Å². The molecule has 5 heteroatoms. The third kappa shape index (κ3) is 2.29. The molecule has 1 fully saturated rings. The van der Waals surface area contributed by atoms with Crippen molar-refractivity contribution in [3.8, 4) is 5.82 Å². The van der Waals surface area contributed by atoms with Gasteiger partial charge in [-0.05, 0) is 31.0 Å². The zero-order valence-corrected chi connectivity index (χ0v) is 11.5. The molecular weight excluding hydrogens is 267 g/mol. The van der Waals surface area contributed by atoms with E-state index in [-0.39, 0.29) is 5.82 Å². The minimum Gasteiger partial charge on any atom is -0.310 e. The summed E-state index contributed by atoms with van der Waals surface area (Å²) in [6.07, 6.45) is 5.64. The molecule has 0 bridgehead atoms. The molecule has 0 aliphatic heterocycles. The molecule has 0 amide bonds. The van der Waals surface area contributed by atoms with E-state index >= 15 is 0 Å². The van der Waals surface area contributed by atoms with Crippen LogP contribution in [0, 0.1) is 5.82 Å². The molecule has 1 aliphatic carbocycles. The predicted molar refractivity (Wildman–Crippen MR) is 78.7 cm³/mol. The van der Waals surface area contributed by atoms with Gasteiger partial charge in [-0.15, -0.1) is 0 Å². The topological polar surface area (TPSA) is 42.7 Å². The fourth-order valence-corrected chi connectivity index (χ4v) is 2.45. The molecule has 0 saturated heterocycles. The zero-order valence-electron chi connectivity index (χ0n) is 11.5. The number of nitrogens with one attached hydrogen (secondary N) is 1. The maximum Gasteiger partial charge on any atom is 0.175 e. The number of halogens is 1. The highest BCUT2D eigenvalue weighted by molar-refractivity contribution is 5.76. The lowest BCUT2D eigenvalue weighted by Crippen LogP contribution is -2.17. The minimum absolute atomic E-state index is 0.284. The Morgan fingerprint density at radius 1 is 1.19 bits per heavy atom. The third-order valence-electron chi connectivity index (χ3n) is 3.79. The summed E-state index contributed by atoms with van der Waals surface area (Å²) in [5.74, 6) is 0.0209. The summed E-state index contributed by atoms with van der Waals surface area (Å²) in [4.78, 5) is 8.49. The van der Waals surface area contributed by atoms with Crippen LogP contribution in [0.1, 0.15) is 18.4 Å². The second-order valence-corrected chi connectivity index (χ2v) is 5.37. The van der Waals surface area contributed by atoms with E-state index in [0.717, 1.165) is 11.0 Å². The van der Waals surface area contributed by atoms with Crippen molar-refractivity contribution in [2.45, 2.75) is 25.4 Å². The van der Waals surface area contributed by atoms with Crippen LogP contribution in [0.2, 0.25) is 0 Å². The monoisotopic (exact) mass is 282 g/mol. The molecule has 0 atom stereocenters. The van der Waals surface area contributed by atoms with Crippen LogP contribution in [0.25, 0.3) is 16.9 Å². The molecule has 2 aromatic heterocycles. The molecule has 4 nitrogen and oxygen atoms in total. The molecule has 4 rings (SSSR count). The Morgan fingerprint density at radius 2 is 2.05 bits per heavy atom. The summed E-state index contributed by atoms with van der Waals surface area (Å²) in [6.45, 7) is 0.540. The molecule has 106 valence electrons. The Labute approximate surface area is 121 Å². The molecule has 1 saturated carbocycles. The molecule has 0 spiro atoms. The fraction of sp³-hybridized carbons (Fsp3) is 0.250. The Bertz CT molecular complexity index is 792. The van der Waals surface area contributed by atoms with Crippen LogP contribution in [0.15, 0.2) is 42.9 Å². The Balaban J connectivity index is 1.75. The van der Waals surface area contributed by atoms with Crippen molar-refractivity contribution in [3.63, 3.8) is 0 Å². The van der Waals surface area contributed by atoms with Gasteiger partial charge < -0.3 is 5.32 Å². The van der Waals surface area contributed by atoms with E-state index in [4.69, 9.17) is 0 Å². The fourth-order valence-electron chi connectivity index (χ4n) is 2.45. The lowest BCUT2D eigenvalue weighted by atomic mass is 10.2. The van der Waals surface area contributed by atoms with Crippen molar-refractivity contribution in [2.24, 2.45) is 0 Å². The average molecular weight is 282 g/mol. The van der Waals surface area contributed by atoms with Gasteiger partial charge in [0.2, 0.25) is 0 Å². The number of para-hydroxylation sites is 2. The number of hydrogen-bond acceptors (Lipinski definition) is 3. The van der Waals surface area contributed by atoms with Gasteiger partial charge in [0.1, 0.15) is 6.33 Å². The van der Waals surface area contributed by atoms with Crippen molar-refractivity contribution in [1.29, 1.82) is 0 Å². The van der Waals surface area contributed by atoms with E-state index in [1.54, 1.807) is 23.2 Å². The van der Waals surface area contributed by atoms with E-state index in [1.165, 1.54) is 12.8 Å². The minimum atomic E-state index is -0.284. The molecule has 0 radical (unpaired) electrons. The van der Waals surface area contributed by atoms with Gasteiger partial charge >= 0.3 is 0 Å². The molecule has 1 aromatic carbocycles. The normalized spacial score (nSPS) is 14.7. The van der Waals surface area contributed by atoms with Gasteiger partial charge in [-0.25, -0.2) is 14.4 Å². The first-order chi connectivity index (χ1) is 10.3. The first-order valence-corrected chi connectivity index (χ1v) is 7.12. The predicted octanol–water partition coefficient (Wildman–Crippen LogP) is 2.81. The van der Waals surface area contributed by atoms with Crippen molar-refractivity contribution < 1.29 is 4.39 Å². The molecule has 21 heavy (non-hydrogen) atoms. The smallest absolute Gasteiger partial charge is 0.175 e. The van der Waals surface area contributed by atoms with Crippen LogP contribution < -0.4 is 5.32 Å². The number of rotatable bonds is 4. The largest absolute Gasteiger partial charge is 0.310 e. The molecule has 2 heterocycles. The maximum absolute atomic E-state index is 14.7. The van der Waals surface area contributed by atoms with Crippen molar-refractivity contribution in [3.05, 3.63) is 54.2 Å². The lowest BCUT2D eigenvalue weighted by Gasteiger charge is -2.09. The van der Waals surface area contributed by atoms with Gasteiger partial charge in [-0.1, -0.05) is 12.1 Å². The molecule has 1 aliphatic rings. The first kappa shape index (κ1) is 12.5. The van der Waals surface area contributed by atoms with E-state index in [1.807, 2.05) is 24.3 Å². The Kier molecular flexibility index (Phi) is 2.93. The SMILES string of the molecule is Fc1c(CNC2CC2)ccnc1-n1cnc2ccccc21. The van der Waals surface area contributed by atoms with E-state index in [2.05, 4.69) is 15.3 Å². The summed E-state index contributed by atoms with van der Waals surface area (Å²) in [5, 5.41) is 3.33. The molecule has 1 N–H and O–H groups in total. The van der Waals surface area contributed by atoms with Crippen LogP contribution >= 0.6 is 0 Å². The molecule has 3 aromatic rings. The second kappa shape index (κ2) is 4.93. The highest BCUT2D eigenvalue weighted by Gasteiger charge is 2.21. The summed E-state index contributed by atoms with van der Waals surface area (Å²) in [5.41, 5.74) is 2.33. The van der Waals surface area contributed by atoms with E-state index in [0.29, 0.717) is 24.0 Å². The van der Waals surface area contributed by atoms with Crippen LogP contribution in [0.4, 0.5) is 4.39 Å². The Hall–Kier alpha value is -2.27. The number of aromatic nitrogens is 3. The van der Waals surface area contributed by atoms with E-state index in [9.17, 15) is 4.39 Å². The van der Waals surface area contributed by atoms with Gasteiger partial charge in [0.15, 0.2) is 11.6 Å². The van der Waals surface area contributed by atoms with Crippen LogP contribution in [0.3, 0.4) is 0 Å². The highest BCUT2D eigenvalue weighted by Crippen LogP contribution is 2.22. The molecule has 0 unspecified atom stereocenters. The summed E-state index contributed by atoms with van der Waals surface area (Å²) in [6, 6.07) is 9.93. The van der Waals surface area contributed by atoms with Crippen molar-refractivity contribution >= 4 is 11.0 Å². The van der Waals surface area contributed by atoms with Crippen LogP contribution in [-0.2, 0) is 6.54 Å². The second-order valence-electron chi connectivity index (χ2n) is 5.37. The molecular formula is C16H15FN4. The Morgan fingerprint density at radius 3 is 2.90 bits per heavy atom. The van der Waals surface area contributed by atoms with Crippen molar-refractivity contribution in [1.82, 2.24) is 19.9 Å². The van der Waals surface area contributed by atoms with Gasteiger partial charge in [-0.2, -0.15) is 0 Å². The van der Waals surface area contributed by atoms with Gasteiger partial charge in [0, 0.05) is 24.3 Å². The summed E-state index contributed by atoms with van der Waals surface area (Å²) < 4.78 is 16.4. The third-order valence-corrected chi connectivity index (χ3v) is 3.79. The van der Waals surface area contributed by atoms with Gasteiger partial charge in [0.25, 0.3) is 0 Å². The number of pyridine rings is 1. The van der Waals surface area contributed by atoms with Crippen LogP contribution in [0.5, 0.6) is 0 Å². The average Bonchev–Trinajstić information content (AvgIpc) is 3.24. The first-order valence-electron chi connectivity index (χ1n) is 7.12. The summed E-state index contributed by atoms with van der Waals surface area (Å²) >= 11 is 0. The van der Waals surface area contributed by atoms with Gasteiger partial charge in [-0.3, -0.25) is 4.57 Å². The quantitative estimate of drug-likeness (QED) is 0.800. The van der Waals surface area contributed by atoms with Crippen molar-refractivity contribution in [2.75, 3.05) is 0 Å².